The van der Waals surface area contributed by atoms with Crippen molar-refractivity contribution in [1.82, 2.24) is 9.97 Å². The molecule has 1 aromatic carbocycles. The van der Waals surface area contributed by atoms with E-state index in [9.17, 15) is 4.79 Å². The molecule has 0 aliphatic rings. The molecule has 2 rings (SSSR count). The van der Waals surface area contributed by atoms with Gasteiger partial charge in [0.1, 0.15) is 5.82 Å². The first-order chi connectivity index (χ1) is 10.7. The fourth-order valence-electron chi connectivity index (χ4n) is 2.05. The van der Waals surface area contributed by atoms with Gasteiger partial charge in [0, 0.05) is 24.0 Å². The molecule has 0 unspecified atom stereocenters. The summed E-state index contributed by atoms with van der Waals surface area (Å²) in [5.74, 6) is 1.36. The topological polar surface area (TPSA) is 66.9 Å². The van der Waals surface area contributed by atoms with Crippen LogP contribution < -0.4 is 10.6 Å². The van der Waals surface area contributed by atoms with Crippen LogP contribution in [0.4, 0.5) is 17.5 Å². The van der Waals surface area contributed by atoms with Crippen LogP contribution in [0.2, 0.25) is 0 Å². The average molecular weight is 298 g/mol. The van der Waals surface area contributed by atoms with Crippen LogP contribution in [-0.4, -0.2) is 22.3 Å². The number of rotatable bonds is 8. The molecule has 0 spiro atoms. The summed E-state index contributed by atoms with van der Waals surface area (Å²) >= 11 is 0. The Morgan fingerprint density at radius 2 is 2.09 bits per heavy atom. The number of ketones is 1. The van der Waals surface area contributed by atoms with E-state index in [0.29, 0.717) is 11.5 Å². The van der Waals surface area contributed by atoms with Crippen molar-refractivity contribution in [2.75, 3.05) is 17.2 Å². The molecule has 0 aliphatic carbocycles. The lowest BCUT2D eigenvalue weighted by atomic mass is 10.1. The van der Waals surface area contributed by atoms with E-state index in [-0.39, 0.29) is 5.78 Å². The monoisotopic (exact) mass is 298 g/mol. The second-order valence-corrected chi connectivity index (χ2v) is 5.16. The van der Waals surface area contributed by atoms with Gasteiger partial charge in [-0.3, -0.25) is 4.79 Å². The first-order valence-electron chi connectivity index (χ1n) is 7.64. The second kappa shape index (κ2) is 8.12. The Morgan fingerprint density at radius 1 is 1.23 bits per heavy atom. The van der Waals surface area contributed by atoms with E-state index in [4.69, 9.17) is 0 Å². The summed E-state index contributed by atoms with van der Waals surface area (Å²) in [5, 5.41) is 6.42. The zero-order valence-corrected chi connectivity index (χ0v) is 13.1. The minimum Gasteiger partial charge on any atom is -0.370 e. The van der Waals surface area contributed by atoms with E-state index in [2.05, 4.69) is 27.5 Å². The van der Waals surface area contributed by atoms with Gasteiger partial charge >= 0.3 is 0 Å². The van der Waals surface area contributed by atoms with Crippen molar-refractivity contribution < 1.29 is 4.79 Å². The standard InChI is InChI=1S/C17H22N4O/c1-3-4-5-10-18-16-9-11-19-17(21-16)20-15-8-6-7-14(12-15)13(2)22/h6-9,11-12H,3-5,10H2,1-2H3,(H2,18,19,20,21). The predicted molar refractivity (Wildman–Crippen MR) is 89.8 cm³/mol. The molecule has 1 heterocycles. The summed E-state index contributed by atoms with van der Waals surface area (Å²) in [7, 11) is 0. The molecular weight excluding hydrogens is 276 g/mol. The van der Waals surface area contributed by atoms with Gasteiger partial charge in [-0.05, 0) is 31.5 Å². The molecule has 0 saturated carbocycles. The van der Waals surface area contributed by atoms with Crippen molar-refractivity contribution in [3.63, 3.8) is 0 Å². The van der Waals surface area contributed by atoms with E-state index in [1.54, 1.807) is 25.3 Å². The number of hydrogen-bond donors (Lipinski definition) is 2. The quantitative estimate of drug-likeness (QED) is 0.569. The molecule has 0 fully saturated rings. The van der Waals surface area contributed by atoms with Gasteiger partial charge < -0.3 is 10.6 Å². The minimum absolute atomic E-state index is 0.0379. The molecule has 22 heavy (non-hydrogen) atoms. The molecular formula is C17H22N4O. The van der Waals surface area contributed by atoms with Crippen LogP contribution in [0.5, 0.6) is 0 Å². The highest BCUT2D eigenvalue weighted by Crippen LogP contribution is 2.16. The Morgan fingerprint density at radius 3 is 2.86 bits per heavy atom. The van der Waals surface area contributed by atoms with Crippen LogP contribution >= 0.6 is 0 Å². The highest BCUT2D eigenvalue weighted by molar-refractivity contribution is 5.95. The number of carbonyl (C=O) groups excluding carboxylic acids is 1. The molecule has 0 aliphatic heterocycles. The Balaban J connectivity index is 2.00. The minimum atomic E-state index is 0.0379. The molecule has 0 atom stereocenters. The van der Waals surface area contributed by atoms with Gasteiger partial charge in [0.15, 0.2) is 5.78 Å². The first-order valence-corrected chi connectivity index (χ1v) is 7.64. The highest BCUT2D eigenvalue weighted by atomic mass is 16.1. The number of nitrogens with one attached hydrogen (secondary N) is 2. The fourth-order valence-corrected chi connectivity index (χ4v) is 2.05. The maximum Gasteiger partial charge on any atom is 0.229 e. The summed E-state index contributed by atoms with van der Waals surface area (Å²) in [6, 6.07) is 9.17. The molecule has 5 nitrogen and oxygen atoms in total. The number of aromatic nitrogens is 2. The van der Waals surface area contributed by atoms with E-state index >= 15 is 0 Å². The third-order valence-electron chi connectivity index (χ3n) is 3.27. The first kappa shape index (κ1) is 15.9. The molecule has 0 amide bonds. The van der Waals surface area contributed by atoms with E-state index in [1.165, 1.54) is 12.8 Å². The fraction of sp³-hybridized carbons (Fsp3) is 0.353. The van der Waals surface area contributed by atoms with Gasteiger partial charge in [0.2, 0.25) is 5.95 Å². The van der Waals surface area contributed by atoms with Crippen molar-refractivity contribution >= 4 is 23.2 Å². The average Bonchev–Trinajstić information content (AvgIpc) is 2.52. The van der Waals surface area contributed by atoms with Gasteiger partial charge in [-0.15, -0.1) is 0 Å². The summed E-state index contributed by atoms with van der Waals surface area (Å²) < 4.78 is 0. The van der Waals surface area contributed by atoms with Gasteiger partial charge in [-0.1, -0.05) is 31.9 Å². The zero-order valence-electron chi connectivity index (χ0n) is 13.1. The Bertz CT molecular complexity index is 628. The van der Waals surface area contributed by atoms with Crippen molar-refractivity contribution in [3.05, 3.63) is 42.1 Å². The lowest BCUT2D eigenvalue weighted by Gasteiger charge is -2.08. The van der Waals surface area contributed by atoms with E-state index < -0.39 is 0 Å². The lowest BCUT2D eigenvalue weighted by molar-refractivity contribution is 0.101. The normalized spacial score (nSPS) is 10.3. The maximum atomic E-state index is 11.4. The van der Waals surface area contributed by atoms with E-state index in [0.717, 1.165) is 24.5 Å². The maximum absolute atomic E-state index is 11.4. The smallest absolute Gasteiger partial charge is 0.229 e. The summed E-state index contributed by atoms with van der Waals surface area (Å²) in [6.45, 7) is 4.64. The van der Waals surface area contributed by atoms with Crippen molar-refractivity contribution in [2.24, 2.45) is 0 Å². The van der Waals surface area contributed by atoms with Crippen molar-refractivity contribution in [1.29, 1.82) is 0 Å². The number of carbonyl (C=O) groups is 1. The number of anilines is 3. The third-order valence-corrected chi connectivity index (χ3v) is 3.27. The molecule has 5 heteroatoms. The van der Waals surface area contributed by atoms with Crippen molar-refractivity contribution in [3.8, 4) is 0 Å². The van der Waals surface area contributed by atoms with Crippen LogP contribution in [0, 0.1) is 0 Å². The van der Waals surface area contributed by atoms with Gasteiger partial charge in [-0.25, -0.2) is 4.98 Å². The third kappa shape index (κ3) is 4.84. The number of nitrogens with zero attached hydrogens (tertiary/aromatic N) is 2. The van der Waals surface area contributed by atoms with E-state index in [1.807, 2.05) is 18.2 Å². The molecule has 0 radical (unpaired) electrons. The molecule has 0 saturated heterocycles. The van der Waals surface area contributed by atoms with Gasteiger partial charge in [0.25, 0.3) is 0 Å². The highest BCUT2D eigenvalue weighted by Gasteiger charge is 2.03. The van der Waals surface area contributed by atoms with Crippen LogP contribution in [0.1, 0.15) is 43.5 Å². The second-order valence-electron chi connectivity index (χ2n) is 5.16. The van der Waals surface area contributed by atoms with Crippen LogP contribution in [0.15, 0.2) is 36.5 Å². The van der Waals surface area contributed by atoms with Crippen LogP contribution in [-0.2, 0) is 0 Å². The summed E-state index contributed by atoms with van der Waals surface area (Å²) in [5.41, 5.74) is 1.47. The number of benzene rings is 1. The molecule has 0 bridgehead atoms. The Hall–Kier alpha value is -2.43. The van der Waals surface area contributed by atoms with Crippen molar-refractivity contribution in [2.45, 2.75) is 33.1 Å². The number of Topliss-reactive ketones (excluding diaryl/α,β-unsaturated/α-hetero) is 1. The lowest BCUT2D eigenvalue weighted by Crippen LogP contribution is -2.05. The summed E-state index contributed by atoms with van der Waals surface area (Å²) in [4.78, 5) is 20.0. The SMILES string of the molecule is CCCCCNc1ccnc(Nc2cccc(C(C)=O)c2)n1. The molecule has 1 aromatic heterocycles. The largest absolute Gasteiger partial charge is 0.370 e. The molecule has 116 valence electrons. The predicted octanol–water partition coefficient (Wildman–Crippen LogP) is 4.02. The Labute approximate surface area is 131 Å². The molecule has 2 N–H and O–H groups in total. The van der Waals surface area contributed by atoms with Crippen LogP contribution in [0.25, 0.3) is 0 Å². The zero-order chi connectivity index (χ0) is 15.8. The summed E-state index contributed by atoms with van der Waals surface area (Å²) in [6.07, 6.45) is 5.25. The number of unbranched alkanes of at least 4 members (excludes halogenated alkanes) is 2. The van der Waals surface area contributed by atoms with Gasteiger partial charge in [0.05, 0.1) is 0 Å². The molecule has 2 aromatic rings. The van der Waals surface area contributed by atoms with Gasteiger partial charge in [-0.2, -0.15) is 4.98 Å². The number of hydrogen-bond acceptors (Lipinski definition) is 5. The van der Waals surface area contributed by atoms with Crippen LogP contribution in [0.3, 0.4) is 0 Å². The Kier molecular flexibility index (Phi) is 5.89.